The average molecular weight is 539 g/mol. The summed E-state index contributed by atoms with van der Waals surface area (Å²) in [7, 11) is 1.75. The number of hydrogen-bond donors (Lipinski definition) is 3. The van der Waals surface area contributed by atoms with Gasteiger partial charge >= 0.3 is 0 Å². The largest absolute Gasteiger partial charge is 0.373 e. The van der Waals surface area contributed by atoms with Gasteiger partial charge in [0.15, 0.2) is 5.96 Å². The molecule has 1 aromatic carbocycles. The maximum absolute atomic E-state index is 12.0. The third-order valence-electron chi connectivity index (χ3n) is 4.19. The Labute approximate surface area is 181 Å². The van der Waals surface area contributed by atoms with Crippen molar-refractivity contribution < 1.29 is 9.53 Å². The number of benzene rings is 1. The summed E-state index contributed by atoms with van der Waals surface area (Å²) in [6, 6.07) is 7.32. The van der Waals surface area contributed by atoms with Crippen molar-refractivity contribution in [2.24, 2.45) is 4.99 Å². The molecule has 1 heterocycles. The van der Waals surface area contributed by atoms with Crippen LogP contribution in [0.4, 0.5) is 0 Å². The Morgan fingerprint density at radius 3 is 2.54 bits per heavy atom. The minimum atomic E-state index is -0.101. The number of hydrogen-bond acceptors (Lipinski definition) is 3. The van der Waals surface area contributed by atoms with E-state index < -0.39 is 0 Å². The van der Waals surface area contributed by atoms with Gasteiger partial charge in [-0.3, -0.25) is 9.79 Å². The minimum absolute atomic E-state index is 0. The second kappa shape index (κ2) is 11.8. The Balaban J connectivity index is 0.00000338. The molecule has 1 fully saturated rings. The molecule has 3 N–H and O–H groups in total. The van der Waals surface area contributed by atoms with Crippen molar-refractivity contribution >= 4 is 51.8 Å². The molecule has 1 aliphatic heterocycles. The maximum Gasteiger partial charge on any atom is 0.251 e. The summed E-state index contributed by atoms with van der Waals surface area (Å²) in [6.45, 7) is 5.05. The van der Waals surface area contributed by atoms with E-state index in [1.165, 1.54) is 0 Å². The van der Waals surface area contributed by atoms with Gasteiger partial charge in [0.2, 0.25) is 0 Å². The van der Waals surface area contributed by atoms with Crippen LogP contribution < -0.4 is 16.0 Å². The monoisotopic (exact) mass is 538 g/mol. The molecule has 1 saturated heterocycles. The minimum Gasteiger partial charge on any atom is -0.373 e. The summed E-state index contributed by atoms with van der Waals surface area (Å²) in [4.78, 5) is 16.2. The van der Waals surface area contributed by atoms with Crippen molar-refractivity contribution in [2.75, 3.05) is 33.3 Å². The topological polar surface area (TPSA) is 74.8 Å². The molecule has 26 heavy (non-hydrogen) atoms. The molecule has 1 aromatic rings. The van der Waals surface area contributed by atoms with Crippen molar-refractivity contribution in [3.05, 3.63) is 34.3 Å². The van der Waals surface area contributed by atoms with Crippen LogP contribution in [0.2, 0.25) is 0 Å². The fraction of sp³-hybridized carbons (Fsp3) is 0.556. The molecule has 0 aromatic heterocycles. The van der Waals surface area contributed by atoms with Crippen LogP contribution in [0.1, 0.15) is 36.5 Å². The van der Waals surface area contributed by atoms with Gasteiger partial charge in [-0.15, -0.1) is 24.0 Å². The highest BCUT2D eigenvalue weighted by molar-refractivity contribution is 14.0. The third-order valence-corrected chi connectivity index (χ3v) is 4.72. The maximum atomic E-state index is 12.0. The normalized spacial score (nSPS) is 19.6. The standard InChI is InChI=1S/C18H27BrN4O2.HI/c1-18(9-3-12-25-18)13-23-17(20-2)22-11-4-10-21-16(24)14-5-7-15(19)8-6-14;/h5-8H,3-4,9-13H2,1-2H3,(H,21,24)(H2,20,22,23);1H. The number of guanidine groups is 1. The van der Waals surface area contributed by atoms with Crippen molar-refractivity contribution in [1.82, 2.24) is 16.0 Å². The number of nitrogens with one attached hydrogen (secondary N) is 3. The zero-order valence-corrected chi connectivity index (χ0v) is 19.2. The van der Waals surface area contributed by atoms with Crippen LogP contribution in [-0.2, 0) is 4.74 Å². The first-order valence-electron chi connectivity index (χ1n) is 8.65. The summed E-state index contributed by atoms with van der Waals surface area (Å²) < 4.78 is 6.72. The zero-order valence-electron chi connectivity index (χ0n) is 15.3. The molecular formula is C18H28BrIN4O2. The molecule has 2 rings (SSSR count). The van der Waals surface area contributed by atoms with Crippen LogP contribution in [0.3, 0.4) is 0 Å². The second-order valence-corrected chi connectivity index (χ2v) is 7.29. The van der Waals surface area contributed by atoms with Crippen molar-refractivity contribution in [3.8, 4) is 0 Å². The Morgan fingerprint density at radius 2 is 1.92 bits per heavy atom. The number of aliphatic imine (C=N–C) groups is 1. The van der Waals surface area contributed by atoms with Gasteiger partial charge < -0.3 is 20.7 Å². The first-order valence-corrected chi connectivity index (χ1v) is 9.44. The van der Waals surface area contributed by atoms with Crippen molar-refractivity contribution in [1.29, 1.82) is 0 Å². The zero-order chi connectivity index (χ0) is 18.1. The Kier molecular flexibility index (Phi) is 10.5. The van der Waals surface area contributed by atoms with E-state index in [4.69, 9.17) is 4.74 Å². The van der Waals surface area contributed by atoms with Crippen LogP contribution in [0.5, 0.6) is 0 Å². The molecule has 1 unspecified atom stereocenters. The number of carbonyl (C=O) groups excluding carboxylic acids is 1. The van der Waals surface area contributed by atoms with E-state index in [1.54, 1.807) is 19.2 Å². The molecule has 1 amide bonds. The molecule has 6 nitrogen and oxygen atoms in total. The Bertz CT molecular complexity index is 589. The summed E-state index contributed by atoms with van der Waals surface area (Å²) in [5, 5.41) is 9.48. The summed E-state index contributed by atoms with van der Waals surface area (Å²) in [5.74, 6) is 0.706. The predicted octanol–water partition coefficient (Wildman–Crippen LogP) is 2.92. The lowest BCUT2D eigenvalue weighted by Crippen LogP contribution is -2.46. The molecular weight excluding hydrogens is 511 g/mol. The van der Waals surface area contributed by atoms with Gasteiger partial charge in [0, 0.05) is 43.3 Å². The number of amides is 1. The molecule has 1 atom stereocenters. The highest BCUT2D eigenvalue weighted by Crippen LogP contribution is 2.23. The van der Waals surface area contributed by atoms with E-state index in [-0.39, 0.29) is 35.5 Å². The average Bonchev–Trinajstić information content (AvgIpc) is 3.04. The van der Waals surface area contributed by atoms with Crippen LogP contribution >= 0.6 is 39.9 Å². The molecule has 8 heteroatoms. The van der Waals surface area contributed by atoms with Gasteiger partial charge in [0.25, 0.3) is 5.91 Å². The molecule has 0 radical (unpaired) electrons. The number of rotatable bonds is 7. The van der Waals surface area contributed by atoms with Gasteiger partial charge in [0.1, 0.15) is 0 Å². The lowest BCUT2D eigenvalue weighted by atomic mass is 10.0. The molecule has 0 bridgehead atoms. The van der Waals surface area contributed by atoms with Crippen molar-refractivity contribution in [3.63, 3.8) is 0 Å². The van der Waals surface area contributed by atoms with Gasteiger partial charge in [-0.05, 0) is 50.5 Å². The lowest BCUT2D eigenvalue weighted by molar-refractivity contribution is 0.0243. The van der Waals surface area contributed by atoms with Gasteiger partial charge in [-0.1, -0.05) is 15.9 Å². The van der Waals surface area contributed by atoms with E-state index in [0.29, 0.717) is 12.1 Å². The smallest absolute Gasteiger partial charge is 0.251 e. The number of halogens is 2. The fourth-order valence-electron chi connectivity index (χ4n) is 2.67. The number of carbonyl (C=O) groups is 1. The summed E-state index contributed by atoms with van der Waals surface area (Å²) in [5.41, 5.74) is 0.564. The summed E-state index contributed by atoms with van der Waals surface area (Å²) in [6.07, 6.45) is 3.00. The first kappa shape index (κ1) is 23.2. The number of ether oxygens (including phenoxy) is 1. The molecule has 146 valence electrons. The van der Waals surface area contributed by atoms with Crippen molar-refractivity contribution in [2.45, 2.75) is 31.8 Å². The highest BCUT2D eigenvalue weighted by Gasteiger charge is 2.29. The van der Waals surface area contributed by atoms with Crippen LogP contribution in [0, 0.1) is 0 Å². The number of nitrogens with zero attached hydrogens (tertiary/aromatic N) is 1. The van der Waals surface area contributed by atoms with Crippen LogP contribution in [-0.4, -0.2) is 50.8 Å². The van der Waals surface area contributed by atoms with E-state index in [0.717, 1.165) is 49.4 Å². The van der Waals surface area contributed by atoms with E-state index >= 15 is 0 Å². The van der Waals surface area contributed by atoms with Gasteiger partial charge in [-0.25, -0.2) is 0 Å². The summed E-state index contributed by atoms with van der Waals surface area (Å²) >= 11 is 3.36. The quantitative estimate of drug-likeness (QED) is 0.216. The third kappa shape index (κ3) is 7.79. The Morgan fingerprint density at radius 1 is 1.23 bits per heavy atom. The van der Waals surface area contributed by atoms with E-state index in [9.17, 15) is 4.79 Å². The van der Waals surface area contributed by atoms with Gasteiger partial charge in [-0.2, -0.15) is 0 Å². The SMILES string of the molecule is CN=C(NCCCNC(=O)c1ccc(Br)cc1)NCC1(C)CCCO1.I. The first-order chi connectivity index (χ1) is 12.0. The highest BCUT2D eigenvalue weighted by atomic mass is 127. The van der Waals surface area contributed by atoms with E-state index in [2.05, 4.69) is 43.8 Å². The van der Waals surface area contributed by atoms with Gasteiger partial charge in [0.05, 0.1) is 5.60 Å². The fourth-order valence-corrected chi connectivity index (χ4v) is 2.93. The molecule has 0 aliphatic carbocycles. The second-order valence-electron chi connectivity index (χ2n) is 6.37. The molecule has 0 spiro atoms. The lowest BCUT2D eigenvalue weighted by Gasteiger charge is -2.24. The van der Waals surface area contributed by atoms with Crippen LogP contribution in [0.15, 0.2) is 33.7 Å². The molecule has 0 saturated carbocycles. The van der Waals surface area contributed by atoms with E-state index in [1.807, 2.05) is 12.1 Å². The predicted molar refractivity (Wildman–Crippen MR) is 119 cm³/mol. The van der Waals surface area contributed by atoms with Crippen LogP contribution in [0.25, 0.3) is 0 Å². The Hall–Kier alpha value is -0.870. The molecule has 1 aliphatic rings.